The molecule has 2 aromatic carbocycles. The van der Waals surface area contributed by atoms with Crippen molar-refractivity contribution in [3.05, 3.63) is 71.9 Å². The number of nitrogens with one attached hydrogen (secondary N) is 1. The molecule has 1 N–H and O–H groups in total. The fourth-order valence-electron chi connectivity index (χ4n) is 2.61. The molecule has 0 fully saturated rings. The first-order valence-electron chi connectivity index (χ1n) is 8.42. The lowest BCUT2D eigenvalue weighted by molar-refractivity contribution is 0.0313. The first-order valence-corrected chi connectivity index (χ1v) is 10.3. The molecule has 3 rings (SSSR count). The Labute approximate surface area is 162 Å². The molecule has 28 heavy (non-hydrogen) atoms. The van der Waals surface area contributed by atoms with E-state index in [-0.39, 0.29) is 5.69 Å². The van der Waals surface area contributed by atoms with Crippen LogP contribution in [0.1, 0.15) is 27.8 Å². The Morgan fingerprint density at radius 1 is 1.00 bits per heavy atom. The Morgan fingerprint density at radius 3 is 2.36 bits per heavy atom. The minimum absolute atomic E-state index is 0.117. The van der Waals surface area contributed by atoms with Crippen LogP contribution in [-0.2, 0) is 14.8 Å². The van der Waals surface area contributed by atoms with Gasteiger partial charge in [-0.15, -0.1) is 0 Å². The van der Waals surface area contributed by atoms with E-state index in [9.17, 15) is 18.0 Å². The van der Waals surface area contributed by atoms with Gasteiger partial charge in [-0.25, -0.2) is 18.2 Å². The molecule has 0 saturated carbocycles. The summed E-state index contributed by atoms with van der Waals surface area (Å²) in [5, 5.41) is 0.894. The maximum atomic E-state index is 12.5. The lowest BCUT2D eigenvalue weighted by atomic mass is 10.1. The molecular formula is C20H18N2O5S. The molecule has 0 amide bonds. The second-order valence-corrected chi connectivity index (χ2v) is 8.00. The van der Waals surface area contributed by atoms with Crippen LogP contribution >= 0.6 is 0 Å². The monoisotopic (exact) mass is 398 g/mol. The molecule has 0 aliphatic carbocycles. The van der Waals surface area contributed by atoms with Crippen molar-refractivity contribution in [2.45, 2.75) is 13.0 Å². The van der Waals surface area contributed by atoms with Crippen LogP contribution in [0.2, 0.25) is 0 Å². The fourth-order valence-corrected chi connectivity index (χ4v) is 3.17. The molecule has 0 radical (unpaired) electrons. The van der Waals surface area contributed by atoms with Crippen molar-refractivity contribution < 1.29 is 22.7 Å². The zero-order valence-electron chi connectivity index (χ0n) is 15.2. The maximum absolute atomic E-state index is 12.5. The van der Waals surface area contributed by atoms with Gasteiger partial charge in [0.05, 0.1) is 11.8 Å². The fraction of sp³-hybridized carbons (Fsp3) is 0.150. The number of pyridine rings is 1. The molecule has 7 nitrogen and oxygen atoms in total. The maximum Gasteiger partial charge on any atom is 0.357 e. The van der Waals surface area contributed by atoms with Crippen LogP contribution in [0.15, 0.2) is 60.7 Å². The van der Waals surface area contributed by atoms with Crippen molar-refractivity contribution >= 4 is 38.4 Å². The number of ketones is 1. The molecular weight excluding hydrogens is 380 g/mol. The largest absolute Gasteiger partial charge is 0.450 e. The highest BCUT2D eigenvalue weighted by Gasteiger charge is 2.21. The Morgan fingerprint density at radius 2 is 1.68 bits per heavy atom. The van der Waals surface area contributed by atoms with E-state index in [4.69, 9.17) is 4.74 Å². The first-order chi connectivity index (χ1) is 13.2. The number of nitrogens with zero attached hydrogens (tertiary/aromatic N) is 1. The Bertz CT molecular complexity index is 1140. The molecule has 0 spiro atoms. The molecule has 1 aromatic heterocycles. The number of benzene rings is 2. The Hall–Kier alpha value is -3.26. The second-order valence-electron chi connectivity index (χ2n) is 6.25. The topological polar surface area (TPSA) is 102 Å². The van der Waals surface area contributed by atoms with E-state index in [1.807, 2.05) is 18.2 Å². The average molecular weight is 398 g/mol. The number of aromatic nitrogens is 1. The Kier molecular flexibility index (Phi) is 5.41. The quantitative estimate of drug-likeness (QED) is 0.506. The molecule has 0 saturated heterocycles. The number of hydrogen-bond donors (Lipinski definition) is 1. The van der Waals surface area contributed by atoms with Crippen LogP contribution < -0.4 is 4.72 Å². The van der Waals surface area contributed by atoms with Gasteiger partial charge < -0.3 is 4.74 Å². The standard InChI is InChI=1S/C20H18N2O5S/c1-13(19(23)15-7-10-16(11-8-15)22-28(2,25)26)27-20(24)18-12-9-14-5-3-4-6-17(14)21-18/h3-13,22H,1-2H3. The number of fused-ring (bicyclic) bond motifs is 1. The highest BCUT2D eigenvalue weighted by Crippen LogP contribution is 2.16. The number of Topliss-reactive ketones (excluding diaryl/α,β-unsaturated/α-hetero) is 1. The molecule has 0 aliphatic heterocycles. The number of anilines is 1. The zero-order chi connectivity index (χ0) is 20.3. The molecule has 144 valence electrons. The third-order valence-corrected chi connectivity index (χ3v) is 4.54. The van der Waals surface area contributed by atoms with Crippen LogP contribution in [0.25, 0.3) is 10.9 Å². The second kappa shape index (κ2) is 7.77. The van der Waals surface area contributed by atoms with Crippen molar-refractivity contribution in [2.75, 3.05) is 11.0 Å². The van der Waals surface area contributed by atoms with Gasteiger partial charge in [-0.1, -0.05) is 24.3 Å². The van der Waals surface area contributed by atoms with E-state index < -0.39 is 27.9 Å². The number of carbonyl (C=O) groups is 2. The smallest absolute Gasteiger partial charge is 0.357 e. The third-order valence-electron chi connectivity index (χ3n) is 3.93. The van der Waals surface area contributed by atoms with Gasteiger partial charge in [0.2, 0.25) is 15.8 Å². The van der Waals surface area contributed by atoms with E-state index >= 15 is 0 Å². The summed E-state index contributed by atoms with van der Waals surface area (Å²) in [6, 6.07) is 16.5. The molecule has 0 aliphatic rings. The zero-order valence-corrected chi connectivity index (χ0v) is 16.1. The summed E-state index contributed by atoms with van der Waals surface area (Å²) in [5.41, 5.74) is 1.41. The van der Waals surface area contributed by atoms with Crippen LogP contribution in [0, 0.1) is 0 Å². The summed E-state index contributed by atoms with van der Waals surface area (Å²) in [6.45, 7) is 1.48. The molecule has 0 bridgehead atoms. The number of ether oxygens (including phenoxy) is 1. The van der Waals surface area contributed by atoms with Crippen molar-refractivity contribution in [1.29, 1.82) is 0 Å². The number of para-hydroxylation sites is 1. The van der Waals surface area contributed by atoms with E-state index in [2.05, 4.69) is 9.71 Å². The number of rotatable bonds is 6. The van der Waals surface area contributed by atoms with Gasteiger partial charge >= 0.3 is 5.97 Å². The van der Waals surface area contributed by atoms with Gasteiger partial charge in [0.15, 0.2) is 6.10 Å². The van der Waals surface area contributed by atoms with Gasteiger partial charge in [-0.2, -0.15) is 0 Å². The predicted octanol–water partition coefficient (Wildman–Crippen LogP) is 3.03. The first kappa shape index (κ1) is 19.5. The number of sulfonamides is 1. The lowest BCUT2D eigenvalue weighted by Crippen LogP contribution is -2.25. The molecule has 8 heteroatoms. The summed E-state index contributed by atoms with van der Waals surface area (Å²) in [6.07, 6.45) is 0.0171. The van der Waals surface area contributed by atoms with E-state index in [0.29, 0.717) is 16.8 Å². The Balaban J connectivity index is 1.69. The third kappa shape index (κ3) is 4.72. The van der Waals surface area contributed by atoms with Crippen molar-refractivity contribution in [3.63, 3.8) is 0 Å². The SMILES string of the molecule is CC(OC(=O)c1ccc2ccccc2n1)C(=O)c1ccc(NS(C)(=O)=O)cc1. The summed E-state index contributed by atoms with van der Waals surface area (Å²) in [4.78, 5) is 29.1. The highest BCUT2D eigenvalue weighted by atomic mass is 32.2. The number of carbonyl (C=O) groups excluding carboxylic acids is 2. The minimum atomic E-state index is -3.40. The van der Waals surface area contributed by atoms with Crippen molar-refractivity contribution in [3.8, 4) is 0 Å². The van der Waals surface area contributed by atoms with E-state index in [1.54, 1.807) is 18.2 Å². The number of esters is 1. The van der Waals surface area contributed by atoms with E-state index in [1.165, 1.54) is 31.2 Å². The van der Waals surface area contributed by atoms with E-state index in [0.717, 1.165) is 11.6 Å². The predicted molar refractivity (Wildman–Crippen MR) is 106 cm³/mol. The summed E-state index contributed by atoms with van der Waals surface area (Å²) < 4.78 is 30.0. The van der Waals surface area contributed by atoms with Crippen LogP contribution in [0.3, 0.4) is 0 Å². The summed E-state index contributed by atoms with van der Waals surface area (Å²) in [5.74, 6) is -1.10. The van der Waals surface area contributed by atoms with Crippen LogP contribution in [0.4, 0.5) is 5.69 Å². The average Bonchev–Trinajstić information content (AvgIpc) is 2.66. The lowest BCUT2D eigenvalue weighted by Gasteiger charge is -2.13. The van der Waals surface area contributed by atoms with Gasteiger partial charge in [0, 0.05) is 16.6 Å². The molecule has 1 unspecified atom stereocenters. The summed E-state index contributed by atoms with van der Waals surface area (Å²) >= 11 is 0. The number of hydrogen-bond acceptors (Lipinski definition) is 6. The van der Waals surface area contributed by atoms with Crippen molar-refractivity contribution in [1.82, 2.24) is 4.98 Å². The highest BCUT2D eigenvalue weighted by molar-refractivity contribution is 7.92. The molecule has 1 heterocycles. The van der Waals surface area contributed by atoms with Crippen molar-refractivity contribution in [2.24, 2.45) is 0 Å². The van der Waals surface area contributed by atoms with Crippen LogP contribution in [0.5, 0.6) is 0 Å². The van der Waals surface area contributed by atoms with Gasteiger partial charge in [0.25, 0.3) is 0 Å². The molecule has 1 atom stereocenters. The van der Waals surface area contributed by atoms with Crippen LogP contribution in [-0.4, -0.2) is 37.5 Å². The van der Waals surface area contributed by atoms with Gasteiger partial charge in [-0.05, 0) is 43.3 Å². The van der Waals surface area contributed by atoms with Gasteiger partial charge in [-0.3, -0.25) is 9.52 Å². The normalized spacial score (nSPS) is 12.4. The minimum Gasteiger partial charge on any atom is -0.450 e. The molecule has 3 aromatic rings. The van der Waals surface area contributed by atoms with Gasteiger partial charge in [0.1, 0.15) is 5.69 Å². The summed E-state index contributed by atoms with van der Waals surface area (Å²) in [7, 11) is -3.40.